The summed E-state index contributed by atoms with van der Waals surface area (Å²) in [5, 5.41) is 6.10. The van der Waals surface area contributed by atoms with Crippen LogP contribution in [0.4, 0.5) is 0 Å². The van der Waals surface area contributed by atoms with Crippen LogP contribution in [0.5, 0.6) is 0 Å². The second kappa shape index (κ2) is 7.41. The molecule has 0 aliphatic rings. The summed E-state index contributed by atoms with van der Waals surface area (Å²) in [5.74, 6) is 0. The Bertz CT molecular complexity index is 1870. The molecule has 3 nitrogen and oxygen atoms in total. The zero-order valence-corrected chi connectivity index (χ0v) is 18.9. The van der Waals surface area contributed by atoms with E-state index in [0.717, 1.165) is 33.2 Å². The topological polar surface area (TPSA) is 30.7 Å². The summed E-state index contributed by atoms with van der Waals surface area (Å²) in [6.45, 7) is 0. The average molecular weight is 456 g/mol. The van der Waals surface area contributed by atoms with E-state index in [-0.39, 0.29) is 5.28 Å². The molecule has 0 aliphatic heterocycles. The molecule has 4 heteroatoms. The predicted octanol–water partition coefficient (Wildman–Crippen LogP) is 8.20. The fourth-order valence-electron chi connectivity index (χ4n) is 5.05. The second-order valence-corrected chi connectivity index (χ2v) is 8.78. The standard InChI is InChI=1S/C30H18ClN3/c31-30-32-26-12-6-4-11-25(26)28(33-30)20-15-16-22-19(18-20)14-17-24-23-10-5-7-13-27(23)34(29(22)24)21-8-2-1-3-9-21/h1-18H. The number of benzene rings is 5. The van der Waals surface area contributed by atoms with E-state index in [4.69, 9.17) is 11.6 Å². The van der Waals surface area contributed by atoms with Gasteiger partial charge >= 0.3 is 0 Å². The van der Waals surface area contributed by atoms with Gasteiger partial charge in [-0.2, -0.15) is 0 Å². The SMILES string of the molecule is Clc1nc(-c2ccc3c(ccc4c5ccccc5n(-c5ccccc5)c34)c2)c2ccccc2n1. The fraction of sp³-hybridized carbons (Fsp3) is 0. The van der Waals surface area contributed by atoms with Crippen molar-refractivity contribution in [3.05, 3.63) is 114 Å². The van der Waals surface area contributed by atoms with Gasteiger partial charge in [0.25, 0.3) is 0 Å². The summed E-state index contributed by atoms with van der Waals surface area (Å²) < 4.78 is 2.36. The number of nitrogens with zero attached hydrogens (tertiary/aromatic N) is 3. The first-order valence-corrected chi connectivity index (χ1v) is 11.6. The summed E-state index contributed by atoms with van der Waals surface area (Å²) in [7, 11) is 0. The number of halogens is 1. The molecule has 0 saturated heterocycles. The molecule has 7 aromatic rings. The van der Waals surface area contributed by atoms with Crippen LogP contribution in [0.1, 0.15) is 0 Å². The first-order valence-electron chi connectivity index (χ1n) is 11.2. The van der Waals surface area contributed by atoms with E-state index in [1.807, 2.05) is 24.3 Å². The summed E-state index contributed by atoms with van der Waals surface area (Å²) >= 11 is 6.28. The minimum Gasteiger partial charge on any atom is -0.309 e. The Hall–Kier alpha value is -4.21. The molecule has 2 heterocycles. The van der Waals surface area contributed by atoms with Gasteiger partial charge in [-0.05, 0) is 47.3 Å². The van der Waals surface area contributed by atoms with E-state index in [9.17, 15) is 0 Å². The molecule has 0 radical (unpaired) electrons. The predicted molar refractivity (Wildman–Crippen MR) is 142 cm³/mol. The molecule has 0 aliphatic carbocycles. The van der Waals surface area contributed by atoms with E-state index < -0.39 is 0 Å². The number of rotatable bonds is 2. The summed E-state index contributed by atoms with van der Waals surface area (Å²) in [5.41, 5.74) is 6.28. The molecule has 0 N–H and O–H groups in total. The van der Waals surface area contributed by atoms with E-state index in [2.05, 4.69) is 99.5 Å². The summed E-state index contributed by atoms with van der Waals surface area (Å²) in [4.78, 5) is 8.98. The van der Waals surface area contributed by atoms with Crippen molar-refractivity contribution in [2.24, 2.45) is 0 Å². The van der Waals surface area contributed by atoms with Gasteiger partial charge in [0.05, 0.1) is 22.2 Å². The maximum absolute atomic E-state index is 6.28. The van der Waals surface area contributed by atoms with Gasteiger partial charge in [0, 0.05) is 32.8 Å². The highest BCUT2D eigenvalue weighted by Crippen LogP contribution is 2.38. The summed E-state index contributed by atoms with van der Waals surface area (Å²) in [6.07, 6.45) is 0. The van der Waals surface area contributed by atoms with E-state index in [0.29, 0.717) is 0 Å². The summed E-state index contributed by atoms with van der Waals surface area (Å²) in [6, 6.07) is 38.1. The lowest BCUT2D eigenvalue weighted by Gasteiger charge is -2.11. The van der Waals surface area contributed by atoms with Crippen LogP contribution < -0.4 is 0 Å². The molecule has 5 aromatic carbocycles. The fourth-order valence-corrected chi connectivity index (χ4v) is 5.22. The molecule has 0 fully saturated rings. The monoisotopic (exact) mass is 455 g/mol. The van der Waals surface area contributed by atoms with Gasteiger partial charge in [0.2, 0.25) is 5.28 Å². The molecule has 34 heavy (non-hydrogen) atoms. The molecule has 0 amide bonds. The van der Waals surface area contributed by atoms with Crippen LogP contribution >= 0.6 is 11.6 Å². The van der Waals surface area contributed by atoms with E-state index >= 15 is 0 Å². The third-order valence-corrected chi connectivity index (χ3v) is 6.68. The molecule has 0 bridgehead atoms. The first-order chi connectivity index (χ1) is 16.8. The molecular weight excluding hydrogens is 438 g/mol. The van der Waals surface area contributed by atoms with E-state index in [1.54, 1.807) is 0 Å². The van der Waals surface area contributed by atoms with Gasteiger partial charge < -0.3 is 4.57 Å². The molecule has 2 aromatic heterocycles. The van der Waals surface area contributed by atoms with Crippen molar-refractivity contribution in [1.82, 2.24) is 14.5 Å². The van der Waals surface area contributed by atoms with Gasteiger partial charge in [0.15, 0.2) is 0 Å². The lowest BCUT2D eigenvalue weighted by atomic mass is 10.00. The minimum atomic E-state index is 0.258. The maximum Gasteiger partial charge on any atom is 0.223 e. The van der Waals surface area contributed by atoms with Crippen molar-refractivity contribution < 1.29 is 0 Å². The van der Waals surface area contributed by atoms with Gasteiger partial charge in [-0.3, -0.25) is 0 Å². The van der Waals surface area contributed by atoms with Crippen molar-refractivity contribution in [2.75, 3.05) is 0 Å². The van der Waals surface area contributed by atoms with Crippen LogP contribution in [-0.2, 0) is 0 Å². The Kier molecular flexibility index (Phi) is 4.20. The second-order valence-electron chi connectivity index (χ2n) is 8.44. The number of para-hydroxylation sites is 3. The van der Waals surface area contributed by atoms with Gasteiger partial charge in [-0.15, -0.1) is 0 Å². The molecule has 0 saturated carbocycles. The number of aromatic nitrogens is 3. The Morgan fingerprint density at radius 1 is 0.588 bits per heavy atom. The van der Waals surface area contributed by atoms with Crippen molar-refractivity contribution in [1.29, 1.82) is 0 Å². The minimum absolute atomic E-state index is 0.258. The number of hydrogen-bond donors (Lipinski definition) is 0. The highest BCUT2D eigenvalue weighted by atomic mass is 35.5. The highest BCUT2D eigenvalue weighted by Gasteiger charge is 2.16. The van der Waals surface area contributed by atoms with Crippen LogP contribution in [0, 0.1) is 0 Å². The van der Waals surface area contributed by atoms with Crippen LogP contribution in [0.2, 0.25) is 5.28 Å². The highest BCUT2D eigenvalue weighted by molar-refractivity contribution is 6.29. The third kappa shape index (κ3) is 2.84. The quantitative estimate of drug-likeness (QED) is 0.246. The molecular formula is C30H18ClN3. The van der Waals surface area contributed by atoms with Gasteiger partial charge in [0.1, 0.15) is 0 Å². The third-order valence-electron chi connectivity index (χ3n) is 6.51. The Morgan fingerprint density at radius 2 is 1.32 bits per heavy atom. The van der Waals surface area contributed by atoms with Gasteiger partial charge in [-0.1, -0.05) is 78.9 Å². The van der Waals surface area contributed by atoms with Crippen molar-refractivity contribution in [2.45, 2.75) is 0 Å². The normalized spacial score (nSPS) is 11.7. The zero-order valence-electron chi connectivity index (χ0n) is 18.1. The lowest BCUT2D eigenvalue weighted by Crippen LogP contribution is -1.94. The largest absolute Gasteiger partial charge is 0.309 e. The lowest BCUT2D eigenvalue weighted by molar-refractivity contribution is 1.19. The number of hydrogen-bond acceptors (Lipinski definition) is 2. The molecule has 0 spiro atoms. The van der Waals surface area contributed by atoms with Crippen molar-refractivity contribution >= 4 is 55.1 Å². The smallest absolute Gasteiger partial charge is 0.223 e. The molecule has 160 valence electrons. The Balaban J connectivity index is 1.56. The molecule has 0 atom stereocenters. The van der Waals surface area contributed by atoms with Crippen LogP contribution in [0.25, 0.3) is 60.4 Å². The van der Waals surface area contributed by atoms with Gasteiger partial charge in [-0.25, -0.2) is 9.97 Å². The maximum atomic E-state index is 6.28. The van der Waals surface area contributed by atoms with Crippen LogP contribution in [0.3, 0.4) is 0 Å². The van der Waals surface area contributed by atoms with Crippen LogP contribution in [0.15, 0.2) is 109 Å². The zero-order chi connectivity index (χ0) is 22.6. The van der Waals surface area contributed by atoms with Crippen molar-refractivity contribution in [3.63, 3.8) is 0 Å². The Morgan fingerprint density at radius 3 is 2.21 bits per heavy atom. The van der Waals surface area contributed by atoms with Crippen LogP contribution in [-0.4, -0.2) is 14.5 Å². The molecule has 7 rings (SSSR count). The van der Waals surface area contributed by atoms with Crippen molar-refractivity contribution in [3.8, 4) is 16.9 Å². The first kappa shape index (κ1) is 19.3. The number of fused-ring (bicyclic) bond motifs is 6. The van der Waals surface area contributed by atoms with E-state index in [1.165, 1.54) is 27.2 Å². The molecule has 0 unspecified atom stereocenters. The Labute approximate surface area is 200 Å². The average Bonchev–Trinajstić information content (AvgIpc) is 3.23.